The standard InChI is InChI=1S/C12H23N3/c1-10(2)6-5-7-11(13-3)12-8-15(4)9-14-12/h8-11,13H,5-7H2,1-4H3. The third-order valence-electron chi connectivity index (χ3n) is 2.70. The summed E-state index contributed by atoms with van der Waals surface area (Å²) in [5.74, 6) is 0.797. The normalized spacial score (nSPS) is 13.4. The maximum Gasteiger partial charge on any atom is 0.0947 e. The Kier molecular flexibility index (Phi) is 4.82. The van der Waals surface area contributed by atoms with Crippen LogP contribution >= 0.6 is 0 Å². The molecule has 0 amide bonds. The van der Waals surface area contributed by atoms with Gasteiger partial charge in [-0.25, -0.2) is 4.98 Å². The molecule has 0 saturated heterocycles. The second-order valence-electron chi connectivity index (χ2n) is 4.63. The van der Waals surface area contributed by atoms with Crippen LogP contribution in [-0.2, 0) is 7.05 Å². The predicted octanol–water partition coefficient (Wildman–Crippen LogP) is 2.51. The van der Waals surface area contributed by atoms with Crippen LogP contribution < -0.4 is 5.32 Å². The molecule has 0 aliphatic rings. The average Bonchev–Trinajstić information content (AvgIpc) is 2.59. The minimum atomic E-state index is 0.407. The molecule has 1 unspecified atom stereocenters. The van der Waals surface area contributed by atoms with Crippen LogP contribution in [0.1, 0.15) is 44.8 Å². The van der Waals surface area contributed by atoms with Crippen molar-refractivity contribution in [3.63, 3.8) is 0 Å². The van der Waals surface area contributed by atoms with Gasteiger partial charge in [0.05, 0.1) is 18.1 Å². The molecule has 1 N–H and O–H groups in total. The first-order valence-electron chi connectivity index (χ1n) is 5.78. The molecule has 0 saturated carbocycles. The monoisotopic (exact) mass is 209 g/mol. The molecule has 0 aromatic carbocycles. The summed E-state index contributed by atoms with van der Waals surface area (Å²) in [6.45, 7) is 4.55. The van der Waals surface area contributed by atoms with Gasteiger partial charge in [0.15, 0.2) is 0 Å². The number of hydrogen-bond acceptors (Lipinski definition) is 2. The van der Waals surface area contributed by atoms with Gasteiger partial charge < -0.3 is 9.88 Å². The van der Waals surface area contributed by atoms with Crippen LogP contribution in [0.2, 0.25) is 0 Å². The zero-order valence-electron chi connectivity index (χ0n) is 10.3. The number of imidazole rings is 1. The minimum Gasteiger partial charge on any atom is -0.340 e. The molecule has 0 bridgehead atoms. The third-order valence-corrected chi connectivity index (χ3v) is 2.70. The van der Waals surface area contributed by atoms with Crippen molar-refractivity contribution >= 4 is 0 Å². The third kappa shape index (κ3) is 4.04. The Morgan fingerprint density at radius 2 is 2.13 bits per heavy atom. The smallest absolute Gasteiger partial charge is 0.0947 e. The van der Waals surface area contributed by atoms with Gasteiger partial charge in [0.25, 0.3) is 0 Å². The number of rotatable bonds is 6. The van der Waals surface area contributed by atoms with E-state index in [2.05, 4.69) is 30.3 Å². The van der Waals surface area contributed by atoms with Crippen LogP contribution in [0.3, 0.4) is 0 Å². The average molecular weight is 209 g/mol. The highest BCUT2D eigenvalue weighted by molar-refractivity contribution is 5.03. The van der Waals surface area contributed by atoms with Crippen molar-refractivity contribution in [2.45, 2.75) is 39.2 Å². The van der Waals surface area contributed by atoms with Crippen molar-refractivity contribution in [3.8, 4) is 0 Å². The van der Waals surface area contributed by atoms with Crippen LogP contribution in [0.15, 0.2) is 12.5 Å². The molecule has 1 atom stereocenters. The van der Waals surface area contributed by atoms with Crippen LogP contribution in [0.5, 0.6) is 0 Å². The fourth-order valence-electron chi connectivity index (χ4n) is 1.78. The number of aromatic nitrogens is 2. The molecule has 15 heavy (non-hydrogen) atoms. The summed E-state index contributed by atoms with van der Waals surface area (Å²) in [7, 11) is 4.02. The molecule has 0 aliphatic carbocycles. The first-order chi connectivity index (χ1) is 7.13. The maximum absolute atomic E-state index is 4.39. The Morgan fingerprint density at radius 1 is 1.40 bits per heavy atom. The molecule has 3 nitrogen and oxygen atoms in total. The van der Waals surface area contributed by atoms with E-state index in [9.17, 15) is 0 Å². The van der Waals surface area contributed by atoms with E-state index in [-0.39, 0.29) is 0 Å². The Morgan fingerprint density at radius 3 is 2.60 bits per heavy atom. The van der Waals surface area contributed by atoms with Crippen LogP contribution in [0.25, 0.3) is 0 Å². The van der Waals surface area contributed by atoms with Gasteiger partial charge in [0.1, 0.15) is 0 Å². The van der Waals surface area contributed by atoms with Crippen LogP contribution in [-0.4, -0.2) is 16.6 Å². The summed E-state index contributed by atoms with van der Waals surface area (Å²) in [6.07, 6.45) is 7.69. The first-order valence-corrected chi connectivity index (χ1v) is 5.78. The molecule has 3 heteroatoms. The summed E-state index contributed by atoms with van der Waals surface area (Å²) in [5, 5.41) is 3.33. The SMILES string of the molecule is CNC(CCCC(C)C)c1cn(C)cn1. The highest BCUT2D eigenvalue weighted by Crippen LogP contribution is 2.18. The summed E-state index contributed by atoms with van der Waals surface area (Å²) in [4.78, 5) is 4.39. The fourth-order valence-corrected chi connectivity index (χ4v) is 1.78. The lowest BCUT2D eigenvalue weighted by molar-refractivity contribution is 0.465. The van der Waals surface area contributed by atoms with Crippen molar-refractivity contribution in [2.24, 2.45) is 13.0 Å². The van der Waals surface area contributed by atoms with Crippen LogP contribution in [0.4, 0.5) is 0 Å². The topological polar surface area (TPSA) is 29.9 Å². The molecular formula is C12H23N3. The van der Waals surface area contributed by atoms with Crippen molar-refractivity contribution in [1.82, 2.24) is 14.9 Å². The molecule has 86 valence electrons. The van der Waals surface area contributed by atoms with Crippen molar-refractivity contribution < 1.29 is 0 Å². The predicted molar refractivity (Wildman–Crippen MR) is 63.7 cm³/mol. The number of hydrogen-bond donors (Lipinski definition) is 1. The van der Waals surface area contributed by atoms with E-state index in [4.69, 9.17) is 0 Å². The molecule has 1 rings (SSSR count). The van der Waals surface area contributed by atoms with Gasteiger partial charge in [-0.2, -0.15) is 0 Å². The molecule has 1 heterocycles. The summed E-state index contributed by atoms with van der Waals surface area (Å²) in [5.41, 5.74) is 1.16. The lowest BCUT2D eigenvalue weighted by atomic mass is 10.0. The molecule has 0 fully saturated rings. The fraction of sp³-hybridized carbons (Fsp3) is 0.750. The van der Waals surface area contributed by atoms with E-state index < -0.39 is 0 Å². The number of nitrogens with zero attached hydrogens (tertiary/aromatic N) is 2. The van der Waals surface area contributed by atoms with Gasteiger partial charge in [-0.3, -0.25) is 0 Å². The second kappa shape index (κ2) is 5.91. The zero-order valence-corrected chi connectivity index (χ0v) is 10.3. The van der Waals surface area contributed by atoms with E-state index in [1.165, 1.54) is 19.3 Å². The van der Waals surface area contributed by atoms with Crippen molar-refractivity contribution in [3.05, 3.63) is 18.2 Å². The molecule has 1 aromatic heterocycles. The Bertz CT molecular complexity index is 278. The summed E-state index contributed by atoms with van der Waals surface area (Å²) < 4.78 is 2.00. The van der Waals surface area contributed by atoms with Crippen molar-refractivity contribution in [1.29, 1.82) is 0 Å². The minimum absolute atomic E-state index is 0.407. The largest absolute Gasteiger partial charge is 0.340 e. The molecule has 0 spiro atoms. The zero-order chi connectivity index (χ0) is 11.3. The lowest BCUT2D eigenvalue weighted by Crippen LogP contribution is -2.16. The summed E-state index contributed by atoms with van der Waals surface area (Å²) in [6, 6.07) is 0.407. The van der Waals surface area contributed by atoms with Gasteiger partial charge in [0, 0.05) is 13.2 Å². The van der Waals surface area contributed by atoms with Gasteiger partial charge in [-0.1, -0.05) is 26.7 Å². The Hall–Kier alpha value is -0.830. The van der Waals surface area contributed by atoms with E-state index in [1.54, 1.807) is 0 Å². The van der Waals surface area contributed by atoms with Gasteiger partial charge in [-0.15, -0.1) is 0 Å². The van der Waals surface area contributed by atoms with E-state index in [0.29, 0.717) is 6.04 Å². The van der Waals surface area contributed by atoms with Gasteiger partial charge in [-0.05, 0) is 19.4 Å². The first kappa shape index (κ1) is 12.2. The highest BCUT2D eigenvalue weighted by Gasteiger charge is 2.11. The van der Waals surface area contributed by atoms with Crippen molar-refractivity contribution in [2.75, 3.05) is 7.05 Å². The molecule has 0 radical (unpaired) electrons. The molecule has 0 aliphatic heterocycles. The van der Waals surface area contributed by atoms with Crippen LogP contribution in [0, 0.1) is 5.92 Å². The highest BCUT2D eigenvalue weighted by atomic mass is 15.0. The molecular weight excluding hydrogens is 186 g/mol. The summed E-state index contributed by atoms with van der Waals surface area (Å²) >= 11 is 0. The van der Waals surface area contributed by atoms with E-state index in [0.717, 1.165) is 11.6 Å². The maximum atomic E-state index is 4.39. The van der Waals surface area contributed by atoms with E-state index in [1.807, 2.05) is 25.0 Å². The van der Waals surface area contributed by atoms with Gasteiger partial charge >= 0.3 is 0 Å². The molecule has 1 aromatic rings. The lowest BCUT2D eigenvalue weighted by Gasteiger charge is -2.14. The Labute approximate surface area is 92.9 Å². The number of aryl methyl sites for hydroxylation is 1. The van der Waals surface area contributed by atoms with E-state index >= 15 is 0 Å². The van der Waals surface area contributed by atoms with Gasteiger partial charge in [0.2, 0.25) is 0 Å². The quantitative estimate of drug-likeness (QED) is 0.780. The second-order valence-corrected chi connectivity index (χ2v) is 4.63. The number of nitrogens with one attached hydrogen (secondary N) is 1. The Balaban J connectivity index is 2.42.